The van der Waals surface area contributed by atoms with Crippen LogP contribution in [0.3, 0.4) is 0 Å². The van der Waals surface area contributed by atoms with Crippen molar-refractivity contribution >= 4 is 24.6 Å². The molecule has 1 aliphatic rings. The standard InChI is InChI=1S/C23H20P.2ClH.Hf/c1-17-13-14-18(2)23-16-21(15-22(17)23)24(19-9-5-3-6-10-19)20-11-7-4-8-12-20;;;/h3-16H,1-2H3;2*1H;/q;;;+2/p-2. The summed E-state index contributed by atoms with van der Waals surface area (Å²) in [5.41, 5.74) is 5.92. The second kappa shape index (κ2) is 9.66. The van der Waals surface area contributed by atoms with Crippen LogP contribution >= 0.6 is 7.92 Å². The molecule has 0 saturated carbocycles. The Morgan fingerprint density at radius 2 is 1.19 bits per heavy atom. The Morgan fingerprint density at radius 3 is 1.67 bits per heavy atom. The van der Waals surface area contributed by atoms with Crippen LogP contribution in [0.1, 0.15) is 25.9 Å². The minimum absolute atomic E-state index is 0. The minimum atomic E-state index is -0.467. The molecule has 3 aromatic rings. The van der Waals surface area contributed by atoms with Crippen molar-refractivity contribution in [1.82, 2.24) is 0 Å². The minimum Gasteiger partial charge on any atom is -1.00 e. The number of benzene rings is 3. The molecule has 0 spiro atoms. The first-order valence-electron chi connectivity index (χ1n) is 8.60. The summed E-state index contributed by atoms with van der Waals surface area (Å²) in [5.74, 6) is 0. The Bertz CT molecular complexity index is 900. The molecule has 0 aromatic heterocycles. The van der Waals surface area contributed by atoms with Crippen LogP contribution in [-0.2, 0) is 24.4 Å². The van der Waals surface area contributed by atoms with Gasteiger partial charge in [-0.15, -0.1) is 0 Å². The van der Waals surface area contributed by atoms with Gasteiger partial charge >= 0.3 is 167 Å². The van der Waals surface area contributed by atoms with Crippen LogP contribution in [-0.4, -0.2) is 0 Å². The molecule has 4 heteroatoms. The van der Waals surface area contributed by atoms with Gasteiger partial charge in [0.25, 0.3) is 0 Å². The molecule has 0 aliphatic heterocycles. The van der Waals surface area contributed by atoms with E-state index in [0.717, 1.165) is 24.4 Å². The van der Waals surface area contributed by atoms with E-state index in [0.29, 0.717) is 3.67 Å². The molecule has 3 aromatic carbocycles. The van der Waals surface area contributed by atoms with Crippen molar-refractivity contribution in [3.63, 3.8) is 0 Å². The molecular formula is C23H20Cl2HfP. The van der Waals surface area contributed by atoms with E-state index in [1.54, 1.807) is 10.9 Å². The third-order valence-electron chi connectivity index (χ3n) is 4.89. The van der Waals surface area contributed by atoms with Gasteiger partial charge in [-0.05, 0) is 0 Å². The number of allylic oxidation sites excluding steroid dienone is 1. The fourth-order valence-corrected chi connectivity index (χ4v) is 9.15. The van der Waals surface area contributed by atoms with Crippen molar-refractivity contribution < 1.29 is 49.2 Å². The molecule has 1 unspecified atom stereocenters. The smallest absolute Gasteiger partial charge is 1.00 e. The monoisotopic (exact) mass is 577 g/mol. The van der Waals surface area contributed by atoms with E-state index in [-0.39, 0.29) is 24.8 Å². The van der Waals surface area contributed by atoms with Gasteiger partial charge in [-0.1, -0.05) is 0 Å². The quantitative estimate of drug-likeness (QED) is 0.289. The third-order valence-corrected chi connectivity index (χ3v) is 10.4. The molecule has 135 valence electrons. The molecule has 0 radical (unpaired) electrons. The van der Waals surface area contributed by atoms with E-state index >= 15 is 0 Å². The first-order valence-corrected chi connectivity index (χ1v) is 12.0. The van der Waals surface area contributed by atoms with Gasteiger partial charge in [0.15, 0.2) is 0 Å². The van der Waals surface area contributed by atoms with E-state index < -0.39 is 7.92 Å². The first-order chi connectivity index (χ1) is 12.2. The molecule has 0 bridgehead atoms. The molecule has 4 rings (SSSR count). The SMILES string of the molecule is Cc1ccc(C)c2c1C=C(P(c1ccccc1)c1ccccc1)[CH]2[Hf+2].[Cl-].[Cl-]. The van der Waals surface area contributed by atoms with Crippen molar-refractivity contribution in [3.05, 3.63) is 100 Å². The van der Waals surface area contributed by atoms with Crippen LogP contribution in [0.4, 0.5) is 0 Å². The van der Waals surface area contributed by atoms with Crippen LogP contribution in [0.2, 0.25) is 0 Å². The second-order valence-corrected chi connectivity index (χ2v) is 10.8. The Hall–Kier alpha value is -0.720. The van der Waals surface area contributed by atoms with Gasteiger partial charge in [0, 0.05) is 0 Å². The number of halogens is 2. The van der Waals surface area contributed by atoms with E-state index in [9.17, 15) is 0 Å². The van der Waals surface area contributed by atoms with Crippen molar-refractivity contribution in [2.75, 3.05) is 0 Å². The predicted molar refractivity (Wildman–Crippen MR) is 106 cm³/mol. The van der Waals surface area contributed by atoms with Crippen molar-refractivity contribution in [2.45, 2.75) is 17.5 Å². The largest absolute Gasteiger partial charge is 1.00 e. The molecule has 0 fully saturated rings. The van der Waals surface area contributed by atoms with Gasteiger partial charge in [0.2, 0.25) is 0 Å². The zero-order valence-electron chi connectivity index (χ0n) is 15.3. The van der Waals surface area contributed by atoms with Crippen LogP contribution in [0.15, 0.2) is 78.1 Å². The van der Waals surface area contributed by atoms with Crippen molar-refractivity contribution in [1.29, 1.82) is 0 Å². The number of rotatable bonds is 3. The average molecular weight is 577 g/mol. The molecule has 0 nitrogen and oxygen atoms in total. The Kier molecular flexibility index (Phi) is 8.07. The van der Waals surface area contributed by atoms with Gasteiger partial charge in [0.05, 0.1) is 0 Å². The maximum atomic E-state index is 2.51. The van der Waals surface area contributed by atoms with E-state index in [1.807, 2.05) is 0 Å². The van der Waals surface area contributed by atoms with Gasteiger partial charge in [0.1, 0.15) is 0 Å². The number of fused-ring (bicyclic) bond motifs is 1. The summed E-state index contributed by atoms with van der Waals surface area (Å²) < 4.78 is 0.612. The maximum absolute atomic E-state index is 2.51. The topological polar surface area (TPSA) is 0 Å². The Balaban J connectivity index is 0.00000131. The summed E-state index contributed by atoms with van der Waals surface area (Å²) in [6.07, 6.45) is 2.51. The fourth-order valence-electron chi connectivity index (χ4n) is 3.60. The van der Waals surface area contributed by atoms with Crippen LogP contribution in [0, 0.1) is 13.8 Å². The number of hydrogen-bond donors (Lipinski definition) is 0. The zero-order chi connectivity index (χ0) is 17.4. The summed E-state index contributed by atoms with van der Waals surface area (Å²) >= 11 is 1.16. The molecular weight excluding hydrogens is 557 g/mol. The van der Waals surface area contributed by atoms with Gasteiger partial charge in [-0.25, -0.2) is 0 Å². The molecule has 0 heterocycles. The Labute approximate surface area is 190 Å². The van der Waals surface area contributed by atoms with Crippen LogP contribution in [0.25, 0.3) is 6.08 Å². The maximum Gasteiger partial charge on any atom is -1.00 e. The van der Waals surface area contributed by atoms with E-state index in [2.05, 4.69) is 92.7 Å². The fraction of sp³-hybridized carbons (Fsp3) is 0.130. The molecule has 27 heavy (non-hydrogen) atoms. The third kappa shape index (κ3) is 4.33. The number of hydrogen-bond acceptors (Lipinski definition) is 0. The molecule has 0 N–H and O–H groups in total. The van der Waals surface area contributed by atoms with Crippen LogP contribution in [0.5, 0.6) is 0 Å². The normalized spacial score (nSPS) is 14.9. The molecule has 0 saturated heterocycles. The van der Waals surface area contributed by atoms with Crippen molar-refractivity contribution in [3.8, 4) is 0 Å². The zero-order valence-corrected chi connectivity index (χ0v) is 21.3. The van der Waals surface area contributed by atoms with Gasteiger partial charge in [-0.3, -0.25) is 0 Å². The molecule has 1 atom stereocenters. The summed E-state index contributed by atoms with van der Waals surface area (Å²) in [7, 11) is -0.467. The van der Waals surface area contributed by atoms with Gasteiger partial charge in [-0.2, -0.15) is 0 Å². The molecule has 0 amide bonds. The molecule has 1 aliphatic carbocycles. The second-order valence-electron chi connectivity index (χ2n) is 6.54. The summed E-state index contributed by atoms with van der Waals surface area (Å²) in [6, 6.07) is 26.7. The van der Waals surface area contributed by atoms with Crippen molar-refractivity contribution in [2.24, 2.45) is 0 Å². The first kappa shape index (κ1) is 22.6. The van der Waals surface area contributed by atoms with Gasteiger partial charge < -0.3 is 24.8 Å². The van der Waals surface area contributed by atoms with E-state index in [1.165, 1.54) is 27.3 Å². The van der Waals surface area contributed by atoms with Crippen LogP contribution < -0.4 is 35.4 Å². The summed E-state index contributed by atoms with van der Waals surface area (Å²) in [6.45, 7) is 4.52. The van der Waals surface area contributed by atoms with E-state index in [4.69, 9.17) is 0 Å². The summed E-state index contributed by atoms with van der Waals surface area (Å²) in [5, 5.41) is 4.55. The summed E-state index contributed by atoms with van der Waals surface area (Å²) in [4.78, 5) is 0. The number of aryl methyl sites for hydroxylation is 2. The Morgan fingerprint density at radius 1 is 0.704 bits per heavy atom. The predicted octanol–water partition coefficient (Wildman–Crippen LogP) is -0.613. The average Bonchev–Trinajstić information content (AvgIpc) is 2.99.